The molecule has 0 spiro atoms. The fourth-order valence-corrected chi connectivity index (χ4v) is 3.94. The van der Waals surface area contributed by atoms with Crippen LogP contribution in [0, 0.1) is 5.92 Å². The summed E-state index contributed by atoms with van der Waals surface area (Å²) < 4.78 is 11.4. The van der Waals surface area contributed by atoms with Crippen LogP contribution in [0.15, 0.2) is 6.07 Å². The second-order valence-corrected chi connectivity index (χ2v) is 6.71. The zero-order valence-electron chi connectivity index (χ0n) is 10.7. The number of hydrogen-bond acceptors (Lipinski definition) is 5. The molecule has 3 fully saturated rings. The number of thiophene rings is 1. The third kappa shape index (κ3) is 2.59. The minimum atomic E-state index is -0.381. The Morgan fingerprint density at radius 1 is 1.47 bits per heavy atom. The van der Waals surface area contributed by atoms with Crippen molar-refractivity contribution in [2.24, 2.45) is 5.92 Å². The van der Waals surface area contributed by atoms with Gasteiger partial charge < -0.3 is 9.47 Å². The lowest BCUT2D eigenvalue weighted by Gasteiger charge is -2.44. The molecule has 6 heteroatoms. The molecule has 0 N–H and O–H groups in total. The van der Waals surface area contributed by atoms with Gasteiger partial charge in [0, 0.05) is 12.6 Å². The van der Waals surface area contributed by atoms with E-state index in [4.69, 9.17) is 21.1 Å². The standard InChI is InChI=1S/C13H16ClNO3S/c1-17-13(16)12-9(6-11(14)19-12)18-10-7-15-4-2-8(10)3-5-15/h6,8,10H,2-5,7H2,1H3/t10-/m1/s1. The Balaban J connectivity index is 1.78. The first-order valence-electron chi connectivity index (χ1n) is 6.44. The first kappa shape index (κ1) is 13.2. The fraction of sp³-hybridized carbons (Fsp3) is 0.615. The van der Waals surface area contributed by atoms with Gasteiger partial charge in [-0.25, -0.2) is 4.79 Å². The largest absolute Gasteiger partial charge is 0.487 e. The van der Waals surface area contributed by atoms with Crippen LogP contribution < -0.4 is 4.74 Å². The van der Waals surface area contributed by atoms with Crippen molar-refractivity contribution in [3.63, 3.8) is 0 Å². The van der Waals surface area contributed by atoms with E-state index in [0.29, 0.717) is 20.9 Å². The predicted molar refractivity (Wildman–Crippen MR) is 74.2 cm³/mol. The van der Waals surface area contributed by atoms with Crippen LogP contribution in [0.1, 0.15) is 22.5 Å². The van der Waals surface area contributed by atoms with Gasteiger partial charge in [-0.05, 0) is 31.8 Å². The van der Waals surface area contributed by atoms with Gasteiger partial charge in [0.15, 0.2) is 4.88 Å². The number of nitrogens with zero attached hydrogens (tertiary/aromatic N) is 1. The topological polar surface area (TPSA) is 38.8 Å². The van der Waals surface area contributed by atoms with Gasteiger partial charge in [0.2, 0.25) is 0 Å². The van der Waals surface area contributed by atoms with Gasteiger partial charge in [-0.2, -0.15) is 0 Å². The molecule has 0 radical (unpaired) electrons. The number of carbonyl (C=O) groups excluding carboxylic acids is 1. The molecule has 1 atom stereocenters. The van der Waals surface area contributed by atoms with E-state index in [-0.39, 0.29) is 12.1 Å². The van der Waals surface area contributed by atoms with E-state index in [1.165, 1.54) is 44.4 Å². The first-order chi connectivity index (χ1) is 9.17. The maximum atomic E-state index is 11.7. The van der Waals surface area contributed by atoms with Crippen LogP contribution in [-0.2, 0) is 4.74 Å². The molecular weight excluding hydrogens is 286 g/mol. The molecule has 4 nitrogen and oxygen atoms in total. The first-order valence-corrected chi connectivity index (χ1v) is 7.63. The molecule has 4 rings (SSSR count). The second kappa shape index (κ2) is 5.31. The highest BCUT2D eigenvalue weighted by molar-refractivity contribution is 7.18. The Bertz CT molecular complexity index is 482. The Labute approximate surface area is 121 Å². The summed E-state index contributed by atoms with van der Waals surface area (Å²) in [5.41, 5.74) is 0. The molecule has 3 saturated heterocycles. The van der Waals surface area contributed by atoms with Crippen molar-refractivity contribution >= 4 is 28.9 Å². The van der Waals surface area contributed by atoms with Gasteiger partial charge in [-0.15, -0.1) is 11.3 Å². The number of carbonyl (C=O) groups is 1. The number of methoxy groups -OCH3 is 1. The van der Waals surface area contributed by atoms with Crippen molar-refractivity contribution in [3.8, 4) is 5.75 Å². The van der Waals surface area contributed by atoms with Crippen LogP contribution in [0.5, 0.6) is 5.75 Å². The zero-order valence-corrected chi connectivity index (χ0v) is 12.3. The smallest absolute Gasteiger partial charge is 0.351 e. The van der Waals surface area contributed by atoms with Crippen molar-refractivity contribution < 1.29 is 14.3 Å². The van der Waals surface area contributed by atoms with Crippen molar-refractivity contribution in [2.45, 2.75) is 18.9 Å². The molecule has 0 unspecified atom stereocenters. The second-order valence-electron chi connectivity index (χ2n) is 5.03. The monoisotopic (exact) mass is 301 g/mol. The van der Waals surface area contributed by atoms with Gasteiger partial charge in [0.05, 0.1) is 11.4 Å². The molecule has 4 heterocycles. The van der Waals surface area contributed by atoms with E-state index in [1.807, 2.05) is 0 Å². The molecular formula is C13H16ClNO3S. The van der Waals surface area contributed by atoms with E-state index in [0.717, 1.165) is 6.54 Å². The molecule has 0 aliphatic carbocycles. The number of esters is 1. The maximum absolute atomic E-state index is 11.7. The van der Waals surface area contributed by atoms with Gasteiger partial charge in [0.25, 0.3) is 0 Å². The lowest BCUT2D eigenvalue weighted by molar-refractivity contribution is -0.00815. The van der Waals surface area contributed by atoms with Crippen LogP contribution in [0.3, 0.4) is 0 Å². The Morgan fingerprint density at radius 2 is 2.21 bits per heavy atom. The molecule has 1 aromatic rings. The fourth-order valence-electron chi connectivity index (χ4n) is 2.88. The highest BCUT2D eigenvalue weighted by Gasteiger charge is 2.36. The minimum absolute atomic E-state index is 0.163. The van der Waals surface area contributed by atoms with Gasteiger partial charge in [0.1, 0.15) is 11.9 Å². The number of piperidine rings is 3. The van der Waals surface area contributed by atoms with Crippen LogP contribution >= 0.6 is 22.9 Å². The van der Waals surface area contributed by atoms with E-state index in [2.05, 4.69) is 4.90 Å². The minimum Gasteiger partial charge on any atom is -0.487 e. The lowest BCUT2D eigenvalue weighted by atomic mass is 9.86. The van der Waals surface area contributed by atoms with Crippen LogP contribution in [0.25, 0.3) is 0 Å². The average Bonchev–Trinajstić information content (AvgIpc) is 2.80. The Kier molecular flexibility index (Phi) is 3.69. The van der Waals surface area contributed by atoms with E-state index in [9.17, 15) is 4.79 Å². The molecule has 1 aromatic heterocycles. The summed E-state index contributed by atoms with van der Waals surface area (Å²) in [6.07, 6.45) is 2.52. The predicted octanol–water partition coefficient (Wildman–Crippen LogP) is 2.66. The summed E-state index contributed by atoms with van der Waals surface area (Å²) >= 11 is 7.19. The third-order valence-electron chi connectivity index (χ3n) is 3.91. The quantitative estimate of drug-likeness (QED) is 0.805. The lowest BCUT2D eigenvalue weighted by Crippen LogP contribution is -2.52. The summed E-state index contributed by atoms with van der Waals surface area (Å²) in [6.45, 7) is 3.27. The van der Waals surface area contributed by atoms with Gasteiger partial charge in [-0.1, -0.05) is 11.6 Å². The van der Waals surface area contributed by atoms with Crippen molar-refractivity contribution in [1.82, 2.24) is 4.90 Å². The van der Waals surface area contributed by atoms with Crippen LogP contribution in [0.2, 0.25) is 4.34 Å². The molecule has 0 saturated carbocycles. The zero-order chi connectivity index (χ0) is 13.4. The Hall–Kier alpha value is -0.780. The van der Waals surface area contributed by atoms with Crippen molar-refractivity contribution in [2.75, 3.05) is 26.7 Å². The third-order valence-corrected chi connectivity index (χ3v) is 5.14. The average molecular weight is 302 g/mol. The summed E-state index contributed by atoms with van der Waals surface area (Å²) in [4.78, 5) is 14.6. The van der Waals surface area contributed by atoms with Crippen LogP contribution in [-0.4, -0.2) is 43.7 Å². The molecule has 0 amide bonds. The number of fused-ring (bicyclic) bond motifs is 3. The number of halogens is 1. The highest BCUT2D eigenvalue weighted by Crippen LogP contribution is 2.37. The van der Waals surface area contributed by atoms with E-state index < -0.39 is 0 Å². The summed E-state index contributed by atoms with van der Waals surface area (Å²) in [6, 6.07) is 1.72. The van der Waals surface area contributed by atoms with E-state index in [1.54, 1.807) is 6.07 Å². The number of rotatable bonds is 3. The Morgan fingerprint density at radius 3 is 2.79 bits per heavy atom. The van der Waals surface area contributed by atoms with Crippen molar-refractivity contribution in [3.05, 3.63) is 15.3 Å². The molecule has 2 bridgehead atoms. The maximum Gasteiger partial charge on any atom is 0.351 e. The van der Waals surface area contributed by atoms with Crippen LogP contribution in [0.4, 0.5) is 0 Å². The molecule has 0 aromatic carbocycles. The SMILES string of the molecule is COC(=O)c1sc(Cl)cc1O[C@@H]1CN2CCC1CC2. The molecule has 104 valence electrons. The highest BCUT2D eigenvalue weighted by atomic mass is 35.5. The van der Waals surface area contributed by atoms with E-state index >= 15 is 0 Å². The summed E-state index contributed by atoms with van der Waals surface area (Å²) in [5, 5.41) is 0. The number of hydrogen-bond donors (Lipinski definition) is 0. The van der Waals surface area contributed by atoms with Gasteiger partial charge >= 0.3 is 5.97 Å². The number of ether oxygens (including phenoxy) is 2. The molecule has 3 aliphatic rings. The van der Waals surface area contributed by atoms with Crippen molar-refractivity contribution in [1.29, 1.82) is 0 Å². The summed E-state index contributed by atoms with van der Waals surface area (Å²) in [7, 11) is 1.37. The normalized spacial score (nSPS) is 29.3. The molecule has 19 heavy (non-hydrogen) atoms. The van der Waals surface area contributed by atoms with Gasteiger partial charge in [-0.3, -0.25) is 4.90 Å². The molecule has 3 aliphatic heterocycles. The summed E-state index contributed by atoms with van der Waals surface area (Å²) in [5.74, 6) is 0.781.